The number of urea groups is 1. The molecule has 0 bridgehead atoms. The number of carbonyl (C=O) groups excluding carboxylic acids is 1. The summed E-state index contributed by atoms with van der Waals surface area (Å²) in [5.74, 6) is -0.240. The topological polar surface area (TPSA) is 105 Å². The summed E-state index contributed by atoms with van der Waals surface area (Å²) in [5.41, 5.74) is 5.75. The number of nitriles is 1. The standard InChI is InChI=1S/C26H34N6O2/c1-3-32(4-2)26(33)30-17-11-20-19-6-5-7-22-24(19)21(12-23(20)29-14-17)25(31-22)16(13-27)10-18-15-28-8-9-34-18/h5-7,11,16-18,23,28-29,31H,3-4,8-10,12,14-15H2,1-2H3,(H,30,33)/t16?,17?,18?,23-/m1/s1. The van der Waals surface area contributed by atoms with Crippen molar-refractivity contribution >= 4 is 22.5 Å². The number of rotatable bonds is 6. The van der Waals surface area contributed by atoms with Crippen LogP contribution in [0.3, 0.4) is 0 Å². The molecule has 8 heteroatoms. The molecule has 5 rings (SSSR count). The maximum absolute atomic E-state index is 12.6. The highest BCUT2D eigenvalue weighted by Gasteiger charge is 2.34. The lowest BCUT2D eigenvalue weighted by Crippen LogP contribution is -2.52. The van der Waals surface area contributed by atoms with Gasteiger partial charge in [0.2, 0.25) is 0 Å². The van der Waals surface area contributed by atoms with E-state index in [1.165, 1.54) is 22.1 Å². The molecule has 3 aliphatic rings. The molecular formula is C26H34N6O2. The molecule has 0 spiro atoms. The lowest BCUT2D eigenvalue weighted by atomic mass is 9.80. The third-order valence-electron chi connectivity index (χ3n) is 7.39. The fourth-order valence-electron chi connectivity index (χ4n) is 5.64. The van der Waals surface area contributed by atoms with Crippen LogP contribution in [0.5, 0.6) is 0 Å². The summed E-state index contributed by atoms with van der Waals surface area (Å²) in [6.45, 7) is 8.42. The van der Waals surface area contributed by atoms with Gasteiger partial charge in [-0.2, -0.15) is 5.26 Å². The number of morpholine rings is 1. The van der Waals surface area contributed by atoms with Gasteiger partial charge < -0.3 is 30.6 Å². The number of nitrogens with zero attached hydrogens (tertiary/aromatic N) is 2. The van der Waals surface area contributed by atoms with E-state index >= 15 is 0 Å². The summed E-state index contributed by atoms with van der Waals surface area (Å²) in [6, 6.07) is 8.95. The van der Waals surface area contributed by atoms with Crippen molar-refractivity contribution in [1.29, 1.82) is 5.26 Å². The van der Waals surface area contributed by atoms with Crippen molar-refractivity contribution in [3.63, 3.8) is 0 Å². The zero-order valence-electron chi connectivity index (χ0n) is 20.0. The second-order valence-electron chi connectivity index (χ2n) is 9.37. The number of fused-ring (bicyclic) bond motifs is 2. The lowest BCUT2D eigenvalue weighted by Gasteiger charge is -2.35. The van der Waals surface area contributed by atoms with Crippen molar-refractivity contribution in [3.05, 3.63) is 41.1 Å². The first-order valence-corrected chi connectivity index (χ1v) is 12.5. The quantitative estimate of drug-likeness (QED) is 0.528. The van der Waals surface area contributed by atoms with Gasteiger partial charge in [0.15, 0.2) is 0 Å². The van der Waals surface area contributed by atoms with Crippen molar-refractivity contribution in [1.82, 2.24) is 25.8 Å². The summed E-state index contributed by atoms with van der Waals surface area (Å²) in [6.07, 6.45) is 3.78. The number of aromatic nitrogens is 1. The van der Waals surface area contributed by atoms with Gasteiger partial charge in [0, 0.05) is 55.4 Å². The Morgan fingerprint density at radius 3 is 2.91 bits per heavy atom. The summed E-state index contributed by atoms with van der Waals surface area (Å²) >= 11 is 0. The minimum atomic E-state index is -0.240. The molecule has 2 amide bonds. The maximum atomic E-state index is 12.6. The first kappa shape index (κ1) is 22.9. The van der Waals surface area contributed by atoms with Crippen LogP contribution in [0, 0.1) is 11.3 Å². The van der Waals surface area contributed by atoms with E-state index in [2.05, 4.69) is 51.3 Å². The van der Waals surface area contributed by atoms with E-state index in [0.717, 1.165) is 30.7 Å². The van der Waals surface area contributed by atoms with Gasteiger partial charge in [-0.25, -0.2) is 4.79 Å². The van der Waals surface area contributed by atoms with Crippen molar-refractivity contribution in [2.24, 2.45) is 0 Å². The van der Waals surface area contributed by atoms with E-state index in [4.69, 9.17) is 4.74 Å². The zero-order valence-corrected chi connectivity index (χ0v) is 20.0. The second kappa shape index (κ2) is 9.79. The van der Waals surface area contributed by atoms with E-state index in [1.807, 2.05) is 13.8 Å². The molecule has 1 saturated heterocycles. The Morgan fingerprint density at radius 2 is 2.18 bits per heavy atom. The van der Waals surface area contributed by atoms with Crippen LogP contribution in [0.4, 0.5) is 4.79 Å². The number of aromatic amines is 1. The molecule has 0 saturated carbocycles. The molecule has 34 heavy (non-hydrogen) atoms. The van der Waals surface area contributed by atoms with Crippen LogP contribution in [0.25, 0.3) is 16.5 Å². The average molecular weight is 463 g/mol. The van der Waals surface area contributed by atoms with Crippen molar-refractivity contribution in [3.8, 4) is 6.07 Å². The molecule has 4 atom stereocenters. The van der Waals surface area contributed by atoms with Crippen molar-refractivity contribution in [2.75, 3.05) is 39.3 Å². The monoisotopic (exact) mass is 462 g/mol. The van der Waals surface area contributed by atoms with Crippen LogP contribution in [-0.2, 0) is 11.2 Å². The summed E-state index contributed by atoms with van der Waals surface area (Å²) < 4.78 is 5.89. The largest absolute Gasteiger partial charge is 0.376 e. The van der Waals surface area contributed by atoms with Crippen LogP contribution in [0.15, 0.2) is 24.3 Å². The molecule has 8 nitrogen and oxygen atoms in total. The molecule has 2 aromatic rings. The smallest absolute Gasteiger partial charge is 0.317 e. The summed E-state index contributed by atoms with van der Waals surface area (Å²) in [4.78, 5) is 18.0. The number of ether oxygens (including phenoxy) is 1. The number of nitrogens with one attached hydrogen (secondary N) is 4. The van der Waals surface area contributed by atoms with Gasteiger partial charge in [0.1, 0.15) is 0 Å². The Balaban J connectivity index is 1.46. The Labute approximate surface area is 200 Å². The van der Waals surface area contributed by atoms with E-state index in [0.29, 0.717) is 32.7 Å². The van der Waals surface area contributed by atoms with Gasteiger partial charge in [0.05, 0.1) is 30.7 Å². The Hall–Kier alpha value is -2.86. The van der Waals surface area contributed by atoms with Gasteiger partial charge in [0.25, 0.3) is 0 Å². The van der Waals surface area contributed by atoms with Gasteiger partial charge in [-0.15, -0.1) is 0 Å². The lowest BCUT2D eigenvalue weighted by molar-refractivity contribution is 0.0217. The molecule has 4 N–H and O–H groups in total. The van der Waals surface area contributed by atoms with E-state index in [9.17, 15) is 10.1 Å². The Bertz CT molecular complexity index is 1120. The first-order chi connectivity index (χ1) is 16.6. The highest BCUT2D eigenvalue weighted by molar-refractivity contribution is 5.99. The molecule has 0 radical (unpaired) electrons. The fraction of sp³-hybridized carbons (Fsp3) is 0.538. The molecule has 180 valence electrons. The molecular weight excluding hydrogens is 428 g/mol. The maximum Gasteiger partial charge on any atom is 0.317 e. The molecule has 1 aromatic heterocycles. The van der Waals surface area contributed by atoms with Gasteiger partial charge >= 0.3 is 6.03 Å². The summed E-state index contributed by atoms with van der Waals surface area (Å²) in [7, 11) is 0. The molecule has 2 aliphatic heterocycles. The molecule has 1 aliphatic carbocycles. The molecule has 1 fully saturated rings. The van der Waals surface area contributed by atoms with Crippen LogP contribution in [-0.4, -0.2) is 73.4 Å². The summed E-state index contributed by atoms with van der Waals surface area (Å²) in [5, 5.41) is 21.5. The SMILES string of the molecule is CCN(CC)C(=O)NC1C=C2c3cccc4[nH]c(C(C#N)CC5CNCCO5)c(c34)C[C@H]2NC1. The number of hydrogen-bond acceptors (Lipinski definition) is 5. The third kappa shape index (κ3) is 4.20. The Morgan fingerprint density at radius 1 is 1.32 bits per heavy atom. The number of benzene rings is 1. The third-order valence-corrected chi connectivity index (χ3v) is 7.39. The van der Waals surface area contributed by atoms with Crippen LogP contribution in [0.1, 0.15) is 43.0 Å². The van der Waals surface area contributed by atoms with Gasteiger partial charge in [-0.1, -0.05) is 18.2 Å². The highest BCUT2D eigenvalue weighted by Crippen LogP contribution is 2.41. The first-order valence-electron chi connectivity index (χ1n) is 12.5. The van der Waals surface area contributed by atoms with Crippen LogP contribution >= 0.6 is 0 Å². The highest BCUT2D eigenvalue weighted by atomic mass is 16.5. The van der Waals surface area contributed by atoms with Gasteiger partial charge in [-0.05, 0) is 49.5 Å². The minimum absolute atomic E-state index is 0.0259. The minimum Gasteiger partial charge on any atom is -0.376 e. The van der Waals surface area contributed by atoms with E-state index in [-0.39, 0.29) is 30.1 Å². The zero-order chi connectivity index (χ0) is 23.7. The molecule has 1 aromatic carbocycles. The van der Waals surface area contributed by atoms with Crippen molar-refractivity contribution < 1.29 is 9.53 Å². The number of amides is 2. The number of hydrogen-bond donors (Lipinski definition) is 4. The predicted molar refractivity (Wildman–Crippen MR) is 133 cm³/mol. The van der Waals surface area contributed by atoms with Crippen LogP contribution < -0.4 is 16.0 Å². The number of H-pyrrole nitrogens is 1. The molecule has 3 heterocycles. The molecule has 3 unspecified atom stereocenters. The van der Waals surface area contributed by atoms with Crippen molar-refractivity contribution in [2.45, 2.75) is 50.8 Å². The van der Waals surface area contributed by atoms with E-state index in [1.54, 1.807) is 4.90 Å². The average Bonchev–Trinajstić information content (AvgIpc) is 3.23. The fourth-order valence-corrected chi connectivity index (χ4v) is 5.64. The number of carbonyl (C=O) groups is 1. The van der Waals surface area contributed by atoms with E-state index < -0.39 is 0 Å². The second-order valence-corrected chi connectivity index (χ2v) is 9.37. The van der Waals surface area contributed by atoms with Gasteiger partial charge in [-0.3, -0.25) is 0 Å². The predicted octanol–water partition coefficient (Wildman–Crippen LogP) is 2.48. The Kier molecular flexibility index (Phi) is 6.59. The van der Waals surface area contributed by atoms with Crippen LogP contribution in [0.2, 0.25) is 0 Å². The normalized spacial score (nSPS) is 24.6.